The van der Waals surface area contributed by atoms with Crippen LogP contribution in [0.4, 0.5) is 5.82 Å². The van der Waals surface area contributed by atoms with Crippen molar-refractivity contribution in [1.29, 1.82) is 0 Å². The second kappa shape index (κ2) is 9.35. The van der Waals surface area contributed by atoms with Gasteiger partial charge in [0.1, 0.15) is 0 Å². The summed E-state index contributed by atoms with van der Waals surface area (Å²) in [5, 5.41) is 9.00. The van der Waals surface area contributed by atoms with Gasteiger partial charge in [-0.1, -0.05) is 12.1 Å². The van der Waals surface area contributed by atoms with Gasteiger partial charge in [-0.05, 0) is 69.9 Å². The molecular weight excluding hydrogens is 386 g/mol. The number of hydrogen-bond acceptors (Lipinski definition) is 5. The maximum Gasteiger partial charge on any atom is 0.227 e. The van der Waals surface area contributed by atoms with E-state index in [0.29, 0.717) is 11.9 Å². The van der Waals surface area contributed by atoms with Crippen molar-refractivity contribution in [3.05, 3.63) is 41.5 Å². The Hall–Kier alpha value is -2.47. The third-order valence-electron chi connectivity index (χ3n) is 6.90. The van der Waals surface area contributed by atoms with E-state index in [4.69, 9.17) is 0 Å². The molecule has 0 N–H and O–H groups in total. The lowest BCUT2D eigenvalue weighted by Crippen LogP contribution is -2.53. The minimum Gasteiger partial charge on any atom is -0.354 e. The van der Waals surface area contributed by atoms with Gasteiger partial charge >= 0.3 is 0 Å². The molecule has 1 amide bonds. The van der Waals surface area contributed by atoms with Gasteiger partial charge < -0.3 is 9.80 Å². The first-order valence-corrected chi connectivity index (χ1v) is 11.6. The van der Waals surface area contributed by atoms with Crippen molar-refractivity contribution in [3.8, 4) is 11.3 Å². The van der Waals surface area contributed by atoms with E-state index in [1.54, 1.807) is 0 Å². The number of benzene rings is 1. The zero-order chi connectivity index (χ0) is 22.0. The number of rotatable bonds is 4. The average Bonchev–Trinajstić information content (AvgIpc) is 2.80. The van der Waals surface area contributed by atoms with Crippen molar-refractivity contribution in [3.63, 3.8) is 0 Å². The number of piperazine rings is 1. The molecule has 1 aromatic carbocycles. The second-order valence-electron chi connectivity index (χ2n) is 9.32. The smallest absolute Gasteiger partial charge is 0.227 e. The number of hydrogen-bond donors (Lipinski definition) is 0. The van der Waals surface area contributed by atoms with Crippen molar-refractivity contribution in [2.75, 3.05) is 44.2 Å². The first kappa shape index (κ1) is 21.8. The molecular formula is C25H35N5O. The number of anilines is 1. The van der Waals surface area contributed by atoms with E-state index in [-0.39, 0.29) is 5.92 Å². The summed E-state index contributed by atoms with van der Waals surface area (Å²) in [6.07, 6.45) is 1.98. The predicted octanol–water partition coefficient (Wildman–Crippen LogP) is 3.53. The van der Waals surface area contributed by atoms with E-state index in [1.165, 1.54) is 11.1 Å². The van der Waals surface area contributed by atoms with Crippen LogP contribution in [-0.2, 0) is 4.79 Å². The summed E-state index contributed by atoms with van der Waals surface area (Å²) in [6, 6.07) is 11.0. The van der Waals surface area contributed by atoms with Gasteiger partial charge in [-0.2, -0.15) is 0 Å². The zero-order valence-corrected chi connectivity index (χ0v) is 19.3. The Labute approximate surface area is 186 Å². The highest BCUT2D eigenvalue weighted by molar-refractivity contribution is 5.80. The molecule has 0 aliphatic carbocycles. The van der Waals surface area contributed by atoms with Crippen LogP contribution in [0.15, 0.2) is 30.3 Å². The number of nitrogens with zero attached hydrogens (tertiary/aromatic N) is 5. The van der Waals surface area contributed by atoms with Gasteiger partial charge in [0.15, 0.2) is 5.82 Å². The molecule has 1 aromatic heterocycles. The topological polar surface area (TPSA) is 52.6 Å². The lowest BCUT2D eigenvalue weighted by Gasteiger charge is -2.40. The molecule has 3 heterocycles. The van der Waals surface area contributed by atoms with Gasteiger partial charge in [-0.25, -0.2) is 0 Å². The molecule has 0 bridgehead atoms. The maximum absolute atomic E-state index is 13.1. The fraction of sp³-hybridized carbons (Fsp3) is 0.560. The van der Waals surface area contributed by atoms with Gasteiger partial charge in [0, 0.05) is 50.9 Å². The molecule has 0 saturated carbocycles. The normalized spacial score (nSPS) is 20.4. The van der Waals surface area contributed by atoms with E-state index in [1.807, 2.05) is 12.1 Å². The van der Waals surface area contributed by atoms with Crippen LogP contribution in [0.5, 0.6) is 0 Å². The highest BCUT2D eigenvalue weighted by Gasteiger charge is 2.32. The minimum atomic E-state index is 0.0561. The first-order chi connectivity index (χ1) is 14.9. The highest BCUT2D eigenvalue weighted by atomic mass is 16.2. The quantitative estimate of drug-likeness (QED) is 0.756. The van der Waals surface area contributed by atoms with Crippen LogP contribution >= 0.6 is 0 Å². The Bertz CT molecular complexity index is 903. The van der Waals surface area contributed by atoms with Crippen LogP contribution in [0.1, 0.15) is 37.8 Å². The van der Waals surface area contributed by atoms with E-state index in [0.717, 1.165) is 69.2 Å². The Morgan fingerprint density at radius 1 is 0.968 bits per heavy atom. The van der Waals surface area contributed by atoms with Crippen molar-refractivity contribution in [2.45, 2.75) is 46.6 Å². The highest BCUT2D eigenvalue weighted by Crippen LogP contribution is 2.25. The second-order valence-corrected chi connectivity index (χ2v) is 9.32. The van der Waals surface area contributed by atoms with Crippen molar-refractivity contribution < 1.29 is 4.79 Å². The van der Waals surface area contributed by atoms with Gasteiger partial charge in [-0.15, -0.1) is 10.2 Å². The standard InChI is InChI=1S/C25H35N5O/c1-18(2)28-12-14-29(15-13-28)25(31)22-6-5-11-30(17-22)24-10-9-23(26-27-24)21-8-7-19(3)20(4)16-21/h7-10,16,18,22H,5-6,11-15,17H2,1-4H3/t22-/m0/s1. The van der Waals surface area contributed by atoms with Crippen LogP contribution in [0.2, 0.25) is 0 Å². The molecule has 2 aliphatic rings. The summed E-state index contributed by atoms with van der Waals surface area (Å²) in [4.78, 5) is 19.9. The number of aromatic nitrogens is 2. The van der Waals surface area contributed by atoms with Gasteiger partial charge in [0.05, 0.1) is 11.6 Å². The molecule has 2 fully saturated rings. The summed E-state index contributed by atoms with van der Waals surface area (Å²) in [7, 11) is 0. The lowest BCUT2D eigenvalue weighted by molar-refractivity contribution is -0.137. The molecule has 6 nitrogen and oxygen atoms in total. The van der Waals surface area contributed by atoms with Gasteiger partial charge in [-0.3, -0.25) is 9.69 Å². The Morgan fingerprint density at radius 3 is 2.39 bits per heavy atom. The molecule has 1 atom stereocenters. The summed E-state index contributed by atoms with van der Waals surface area (Å²) in [5.74, 6) is 1.24. The summed E-state index contributed by atoms with van der Waals surface area (Å²) >= 11 is 0. The molecule has 2 saturated heterocycles. The summed E-state index contributed by atoms with van der Waals surface area (Å²) in [6.45, 7) is 14.0. The van der Waals surface area contributed by atoms with E-state index in [9.17, 15) is 4.79 Å². The number of carbonyl (C=O) groups excluding carboxylic acids is 1. The lowest BCUT2D eigenvalue weighted by atomic mass is 9.96. The monoisotopic (exact) mass is 421 g/mol. The molecule has 31 heavy (non-hydrogen) atoms. The number of aryl methyl sites for hydroxylation is 2. The Kier molecular flexibility index (Phi) is 6.56. The molecule has 2 aromatic rings. The van der Waals surface area contributed by atoms with Crippen LogP contribution in [-0.4, -0.2) is 71.2 Å². The van der Waals surface area contributed by atoms with Gasteiger partial charge in [0.25, 0.3) is 0 Å². The van der Waals surface area contributed by atoms with Crippen molar-refractivity contribution in [2.24, 2.45) is 5.92 Å². The molecule has 4 rings (SSSR count). The average molecular weight is 422 g/mol. The van der Waals surface area contributed by atoms with E-state index in [2.05, 4.69) is 70.8 Å². The Morgan fingerprint density at radius 2 is 1.74 bits per heavy atom. The molecule has 0 radical (unpaired) electrons. The fourth-order valence-corrected chi connectivity index (χ4v) is 4.65. The predicted molar refractivity (Wildman–Crippen MR) is 125 cm³/mol. The first-order valence-electron chi connectivity index (χ1n) is 11.6. The number of amides is 1. The van der Waals surface area contributed by atoms with Crippen LogP contribution in [0, 0.1) is 19.8 Å². The van der Waals surface area contributed by atoms with Crippen LogP contribution < -0.4 is 4.90 Å². The number of piperidine rings is 1. The fourth-order valence-electron chi connectivity index (χ4n) is 4.65. The molecule has 6 heteroatoms. The summed E-state index contributed by atoms with van der Waals surface area (Å²) in [5.41, 5.74) is 4.52. The molecule has 0 unspecified atom stereocenters. The van der Waals surface area contributed by atoms with E-state index >= 15 is 0 Å². The number of carbonyl (C=O) groups is 1. The molecule has 2 aliphatic heterocycles. The SMILES string of the molecule is Cc1ccc(-c2ccc(N3CCC[C@H](C(=O)N4CCN(C(C)C)CC4)C3)nn2)cc1C. The maximum atomic E-state index is 13.1. The molecule has 166 valence electrons. The van der Waals surface area contributed by atoms with E-state index < -0.39 is 0 Å². The minimum absolute atomic E-state index is 0.0561. The van der Waals surface area contributed by atoms with Crippen LogP contribution in [0.3, 0.4) is 0 Å². The van der Waals surface area contributed by atoms with Crippen molar-refractivity contribution >= 4 is 11.7 Å². The van der Waals surface area contributed by atoms with Crippen molar-refractivity contribution in [1.82, 2.24) is 20.0 Å². The van der Waals surface area contributed by atoms with Crippen LogP contribution in [0.25, 0.3) is 11.3 Å². The summed E-state index contributed by atoms with van der Waals surface area (Å²) < 4.78 is 0. The zero-order valence-electron chi connectivity index (χ0n) is 19.3. The largest absolute Gasteiger partial charge is 0.354 e. The third kappa shape index (κ3) is 4.90. The Balaban J connectivity index is 1.39. The van der Waals surface area contributed by atoms with Gasteiger partial charge in [0.2, 0.25) is 5.91 Å². The molecule has 0 spiro atoms. The third-order valence-corrected chi connectivity index (χ3v) is 6.90.